The molecule has 0 heterocycles. The minimum Gasteiger partial charge on any atom is -0.356 e. The van der Waals surface area contributed by atoms with Gasteiger partial charge in [0.05, 0.1) is 0 Å². The molecule has 0 aromatic heterocycles. The van der Waals surface area contributed by atoms with Crippen molar-refractivity contribution in [1.29, 1.82) is 0 Å². The molecular weight excluding hydrogens is 210 g/mol. The van der Waals surface area contributed by atoms with Crippen LogP contribution in [0.2, 0.25) is 0 Å². The highest BCUT2D eigenvalue weighted by atomic mass is 35.5. The molecule has 1 aliphatic rings. The fourth-order valence-electron chi connectivity index (χ4n) is 2.12. The molecule has 0 atom stereocenters. The van der Waals surface area contributed by atoms with Crippen LogP contribution in [0.15, 0.2) is 0 Å². The van der Waals surface area contributed by atoms with Gasteiger partial charge in [-0.15, -0.1) is 11.6 Å². The van der Waals surface area contributed by atoms with Gasteiger partial charge in [0.15, 0.2) is 0 Å². The second-order valence-electron chi connectivity index (χ2n) is 4.38. The lowest BCUT2D eigenvalue weighted by Crippen LogP contribution is -2.30. The molecule has 2 nitrogen and oxygen atoms in total. The molecule has 0 spiro atoms. The van der Waals surface area contributed by atoms with E-state index < -0.39 is 0 Å². The van der Waals surface area contributed by atoms with Gasteiger partial charge in [0.25, 0.3) is 0 Å². The van der Waals surface area contributed by atoms with Crippen molar-refractivity contribution in [3.63, 3.8) is 0 Å². The molecule has 15 heavy (non-hydrogen) atoms. The minimum absolute atomic E-state index is 0.282. The van der Waals surface area contributed by atoms with Crippen molar-refractivity contribution in [2.75, 3.05) is 12.4 Å². The van der Waals surface area contributed by atoms with Gasteiger partial charge in [-0.05, 0) is 25.7 Å². The van der Waals surface area contributed by atoms with Crippen molar-refractivity contribution >= 4 is 17.5 Å². The fraction of sp³-hybridized carbons (Fsp3) is 0.917. The molecule has 1 rings (SSSR count). The Bertz CT molecular complexity index is 178. The summed E-state index contributed by atoms with van der Waals surface area (Å²) in [6.45, 7) is 0.845. The molecular formula is C12H22ClNO. The Hall–Kier alpha value is -0.240. The van der Waals surface area contributed by atoms with E-state index >= 15 is 0 Å². The van der Waals surface area contributed by atoms with Gasteiger partial charge in [-0.2, -0.15) is 0 Å². The van der Waals surface area contributed by atoms with E-state index in [2.05, 4.69) is 5.32 Å². The van der Waals surface area contributed by atoms with Crippen molar-refractivity contribution in [1.82, 2.24) is 5.32 Å². The largest absolute Gasteiger partial charge is 0.356 e. The molecule has 3 heteroatoms. The second kappa shape index (κ2) is 7.98. The Balaban J connectivity index is 1.92. The van der Waals surface area contributed by atoms with Crippen molar-refractivity contribution in [3.05, 3.63) is 0 Å². The van der Waals surface area contributed by atoms with E-state index in [9.17, 15) is 4.79 Å². The first-order valence-electron chi connectivity index (χ1n) is 6.18. The van der Waals surface area contributed by atoms with Crippen LogP contribution >= 0.6 is 11.6 Å². The third-order valence-electron chi connectivity index (χ3n) is 3.09. The zero-order valence-corrected chi connectivity index (χ0v) is 10.2. The first-order chi connectivity index (χ1) is 7.34. The lowest BCUT2D eigenvalue weighted by atomic mass is 10.1. The number of hydrogen-bond donors (Lipinski definition) is 1. The third-order valence-corrected chi connectivity index (χ3v) is 3.35. The van der Waals surface area contributed by atoms with Gasteiger partial charge >= 0.3 is 0 Å². The number of amides is 1. The number of hydrogen-bond acceptors (Lipinski definition) is 1. The highest BCUT2D eigenvalue weighted by Gasteiger charge is 2.21. The summed E-state index contributed by atoms with van der Waals surface area (Å²) in [7, 11) is 0. The average Bonchev–Trinajstić information content (AvgIpc) is 2.76. The van der Waals surface area contributed by atoms with Crippen molar-refractivity contribution < 1.29 is 4.79 Å². The van der Waals surface area contributed by atoms with Gasteiger partial charge in [0.2, 0.25) is 5.91 Å². The van der Waals surface area contributed by atoms with Gasteiger partial charge in [0, 0.05) is 18.3 Å². The number of unbranched alkanes of at least 4 members (excludes halogenated alkanes) is 3. The fourth-order valence-corrected chi connectivity index (χ4v) is 2.31. The van der Waals surface area contributed by atoms with Crippen LogP contribution in [-0.2, 0) is 4.79 Å². The summed E-state index contributed by atoms with van der Waals surface area (Å²) in [6, 6.07) is 0. The van der Waals surface area contributed by atoms with E-state index in [1.165, 1.54) is 25.7 Å². The Labute approximate surface area is 97.8 Å². The highest BCUT2D eigenvalue weighted by molar-refractivity contribution is 6.17. The molecule has 0 saturated heterocycles. The second-order valence-corrected chi connectivity index (χ2v) is 4.75. The molecule has 0 aromatic carbocycles. The zero-order chi connectivity index (χ0) is 10.9. The Morgan fingerprint density at radius 3 is 2.47 bits per heavy atom. The molecule has 1 aliphatic carbocycles. The summed E-state index contributed by atoms with van der Waals surface area (Å²) in [6.07, 6.45) is 9.20. The summed E-state index contributed by atoms with van der Waals surface area (Å²) in [5, 5.41) is 3.03. The van der Waals surface area contributed by atoms with Crippen molar-refractivity contribution in [2.24, 2.45) is 5.92 Å². The van der Waals surface area contributed by atoms with Gasteiger partial charge in [0.1, 0.15) is 0 Å². The minimum atomic E-state index is 0.282. The van der Waals surface area contributed by atoms with Gasteiger partial charge in [-0.3, -0.25) is 4.79 Å². The molecule has 1 amide bonds. The number of rotatable bonds is 7. The molecule has 1 N–H and O–H groups in total. The summed E-state index contributed by atoms with van der Waals surface area (Å²) in [5.41, 5.74) is 0. The van der Waals surface area contributed by atoms with E-state index in [4.69, 9.17) is 11.6 Å². The van der Waals surface area contributed by atoms with E-state index in [0.717, 1.165) is 38.1 Å². The Kier molecular flexibility index (Phi) is 6.82. The number of carbonyl (C=O) groups is 1. The first kappa shape index (κ1) is 12.8. The van der Waals surface area contributed by atoms with Crippen LogP contribution in [-0.4, -0.2) is 18.3 Å². The van der Waals surface area contributed by atoms with Crippen LogP contribution in [0.3, 0.4) is 0 Å². The zero-order valence-electron chi connectivity index (χ0n) is 9.43. The van der Waals surface area contributed by atoms with Crippen molar-refractivity contribution in [3.8, 4) is 0 Å². The van der Waals surface area contributed by atoms with Crippen LogP contribution in [0.1, 0.15) is 51.4 Å². The molecule has 1 saturated carbocycles. The predicted molar refractivity (Wildman–Crippen MR) is 64.2 cm³/mol. The topological polar surface area (TPSA) is 29.1 Å². The standard InChI is InChI=1S/C12H22ClNO/c13-9-5-1-2-6-10-14-12(15)11-7-3-4-8-11/h11H,1-10H2,(H,14,15). The predicted octanol–water partition coefficient (Wildman–Crippen LogP) is 3.09. The average molecular weight is 232 g/mol. The normalized spacial score (nSPS) is 16.9. The SMILES string of the molecule is O=C(NCCCCCCCl)C1CCCC1. The van der Waals surface area contributed by atoms with Crippen LogP contribution < -0.4 is 5.32 Å². The molecule has 0 bridgehead atoms. The molecule has 0 aromatic rings. The van der Waals surface area contributed by atoms with Crippen LogP contribution in [0.4, 0.5) is 0 Å². The Morgan fingerprint density at radius 1 is 1.13 bits per heavy atom. The maximum absolute atomic E-state index is 11.6. The number of alkyl halides is 1. The van der Waals surface area contributed by atoms with Crippen LogP contribution in [0.25, 0.3) is 0 Å². The summed E-state index contributed by atoms with van der Waals surface area (Å²) in [4.78, 5) is 11.6. The van der Waals surface area contributed by atoms with Gasteiger partial charge < -0.3 is 5.32 Å². The molecule has 0 aliphatic heterocycles. The summed E-state index contributed by atoms with van der Waals surface area (Å²) < 4.78 is 0. The first-order valence-corrected chi connectivity index (χ1v) is 6.71. The van der Waals surface area contributed by atoms with Gasteiger partial charge in [-0.25, -0.2) is 0 Å². The van der Waals surface area contributed by atoms with E-state index in [0.29, 0.717) is 5.92 Å². The number of carbonyl (C=O) groups excluding carboxylic acids is 1. The molecule has 0 radical (unpaired) electrons. The lowest BCUT2D eigenvalue weighted by Gasteiger charge is -2.09. The molecule has 88 valence electrons. The summed E-state index contributed by atoms with van der Waals surface area (Å²) in [5.74, 6) is 1.35. The van der Waals surface area contributed by atoms with Crippen LogP contribution in [0, 0.1) is 5.92 Å². The smallest absolute Gasteiger partial charge is 0.223 e. The van der Waals surface area contributed by atoms with E-state index in [-0.39, 0.29) is 5.91 Å². The number of nitrogens with one attached hydrogen (secondary N) is 1. The monoisotopic (exact) mass is 231 g/mol. The highest BCUT2D eigenvalue weighted by Crippen LogP contribution is 2.24. The van der Waals surface area contributed by atoms with Gasteiger partial charge in [-0.1, -0.05) is 25.7 Å². The quantitative estimate of drug-likeness (QED) is 0.530. The van der Waals surface area contributed by atoms with Crippen LogP contribution in [0.5, 0.6) is 0 Å². The maximum atomic E-state index is 11.6. The molecule has 1 fully saturated rings. The Morgan fingerprint density at radius 2 is 1.80 bits per heavy atom. The number of halogens is 1. The van der Waals surface area contributed by atoms with E-state index in [1.807, 2.05) is 0 Å². The molecule has 0 unspecified atom stereocenters. The third kappa shape index (κ3) is 5.41. The lowest BCUT2D eigenvalue weighted by molar-refractivity contribution is -0.124. The summed E-state index contributed by atoms with van der Waals surface area (Å²) >= 11 is 5.58. The van der Waals surface area contributed by atoms with Crippen molar-refractivity contribution in [2.45, 2.75) is 51.4 Å². The van der Waals surface area contributed by atoms with E-state index in [1.54, 1.807) is 0 Å². The maximum Gasteiger partial charge on any atom is 0.223 e.